The highest BCUT2D eigenvalue weighted by atomic mass is 32.2. The lowest BCUT2D eigenvalue weighted by Crippen LogP contribution is -2.02. The van der Waals surface area contributed by atoms with E-state index < -0.39 is 0 Å². The molecule has 1 fully saturated rings. The number of hydrogen-bond acceptors (Lipinski definition) is 4. The van der Waals surface area contributed by atoms with Gasteiger partial charge in [0, 0.05) is 18.5 Å². The molecule has 1 aromatic rings. The van der Waals surface area contributed by atoms with Gasteiger partial charge >= 0.3 is 0 Å². The van der Waals surface area contributed by atoms with Gasteiger partial charge in [-0.15, -0.1) is 0 Å². The van der Waals surface area contributed by atoms with Crippen molar-refractivity contribution in [3.63, 3.8) is 0 Å². The molecule has 1 aromatic carbocycles. The van der Waals surface area contributed by atoms with Crippen LogP contribution in [0.2, 0.25) is 0 Å². The van der Waals surface area contributed by atoms with Gasteiger partial charge in [0.05, 0.1) is 19.3 Å². The molecular formula is C26H33NO2S. The Labute approximate surface area is 186 Å². The fraction of sp³-hybridized carbons (Fsp3) is 0.346. The van der Waals surface area contributed by atoms with Gasteiger partial charge in [-0.3, -0.25) is 4.99 Å². The third-order valence-corrected chi connectivity index (χ3v) is 6.10. The number of rotatable bonds is 10. The first-order chi connectivity index (χ1) is 14.6. The molecule has 0 bridgehead atoms. The molecule has 0 saturated carbocycles. The summed E-state index contributed by atoms with van der Waals surface area (Å²) >= 11 is 1.69. The Hall–Kier alpha value is -2.46. The number of thioether (sulfide) groups is 1. The minimum Gasteiger partial charge on any atom is -0.493 e. The summed E-state index contributed by atoms with van der Waals surface area (Å²) in [7, 11) is 3.31. The smallest absolute Gasteiger partial charge is 0.161 e. The lowest BCUT2D eigenvalue weighted by atomic mass is 9.90. The number of ether oxygens (including phenoxy) is 2. The average molecular weight is 424 g/mol. The highest BCUT2D eigenvalue weighted by molar-refractivity contribution is 8.17. The van der Waals surface area contributed by atoms with Crippen molar-refractivity contribution in [3.05, 3.63) is 77.9 Å². The zero-order chi connectivity index (χ0) is 21.9. The van der Waals surface area contributed by atoms with Crippen LogP contribution in [-0.2, 0) is 0 Å². The summed E-state index contributed by atoms with van der Waals surface area (Å²) in [6, 6.07) is 6.05. The van der Waals surface area contributed by atoms with Crippen molar-refractivity contribution in [2.75, 3.05) is 14.2 Å². The fourth-order valence-electron chi connectivity index (χ4n) is 3.58. The second-order valence-electron chi connectivity index (χ2n) is 7.06. The minimum absolute atomic E-state index is 0.238. The summed E-state index contributed by atoms with van der Waals surface area (Å²) in [6.07, 6.45) is 14.2. The van der Waals surface area contributed by atoms with E-state index in [1.165, 1.54) is 11.1 Å². The highest BCUT2D eigenvalue weighted by Gasteiger charge is 2.29. The van der Waals surface area contributed by atoms with Crippen LogP contribution < -0.4 is 9.47 Å². The first-order valence-electron chi connectivity index (χ1n) is 10.3. The van der Waals surface area contributed by atoms with E-state index in [-0.39, 0.29) is 5.92 Å². The van der Waals surface area contributed by atoms with Gasteiger partial charge in [-0.1, -0.05) is 74.2 Å². The minimum atomic E-state index is 0.238. The number of methoxy groups -OCH3 is 2. The molecule has 0 radical (unpaired) electrons. The van der Waals surface area contributed by atoms with Gasteiger partial charge in [0.25, 0.3) is 0 Å². The quantitative estimate of drug-likeness (QED) is 0.363. The molecule has 1 aliphatic heterocycles. The largest absolute Gasteiger partial charge is 0.493 e. The number of hydrogen-bond donors (Lipinski definition) is 0. The van der Waals surface area contributed by atoms with Crippen LogP contribution in [-0.4, -0.2) is 19.3 Å². The maximum atomic E-state index is 5.48. The molecule has 30 heavy (non-hydrogen) atoms. The normalized spacial score (nSPS) is 19.0. The van der Waals surface area contributed by atoms with Gasteiger partial charge in [0.2, 0.25) is 0 Å². The monoisotopic (exact) mass is 423 g/mol. The first kappa shape index (κ1) is 23.8. The topological polar surface area (TPSA) is 30.8 Å². The van der Waals surface area contributed by atoms with Crippen molar-refractivity contribution in [2.45, 2.75) is 39.5 Å². The standard InChI is InChI=1S/C26H33NO2S/c1-7-11-20(12-8-2)13-10-16-27-26-18-23(19(4)30-26)22(9-3)21-14-15-24(28-5)25(17-21)29-6/h7,9-11,14-17,23H,1,4,8,12-13,18H2,2-3,5-6H3/b16-10-,20-11?,22-9?,27-26?. The van der Waals surface area contributed by atoms with Gasteiger partial charge in [-0.2, -0.15) is 0 Å². The van der Waals surface area contributed by atoms with Gasteiger partial charge in [0.1, 0.15) is 0 Å². The van der Waals surface area contributed by atoms with E-state index >= 15 is 0 Å². The third-order valence-electron chi connectivity index (χ3n) is 5.05. The lowest BCUT2D eigenvalue weighted by Gasteiger charge is -2.17. The molecule has 0 N–H and O–H groups in total. The number of benzene rings is 1. The van der Waals surface area contributed by atoms with E-state index in [1.54, 1.807) is 26.0 Å². The Morgan fingerprint density at radius 3 is 2.67 bits per heavy atom. The maximum Gasteiger partial charge on any atom is 0.161 e. The third kappa shape index (κ3) is 6.27. The second kappa shape index (κ2) is 12.3. The number of aliphatic imine (C=N–C) groups is 1. The zero-order valence-corrected chi connectivity index (χ0v) is 19.4. The molecule has 1 atom stereocenters. The van der Waals surface area contributed by atoms with Crippen molar-refractivity contribution in [1.82, 2.24) is 0 Å². The van der Waals surface area contributed by atoms with Crippen molar-refractivity contribution < 1.29 is 9.47 Å². The van der Waals surface area contributed by atoms with E-state index in [4.69, 9.17) is 14.5 Å². The Morgan fingerprint density at radius 2 is 2.03 bits per heavy atom. The summed E-state index contributed by atoms with van der Waals surface area (Å²) in [4.78, 5) is 5.83. The van der Waals surface area contributed by atoms with E-state index in [9.17, 15) is 0 Å². The molecule has 0 amide bonds. The summed E-state index contributed by atoms with van der Waals surface area (Å²) in [5.74, 6) is 1.70. The summed E-state index contributed by atoms with van der Waals surface area (Å²) in [5.41, 5.74) is 3.74. The molecule has 3 nitrogen and oxygen atoms in total. The predicted octanol–water partition coefficient (Wildman–Crippen LogP) is 7.59. The fourth-order valence-corrected chi connectivity index (χ4v) is 4.60. The lowest BCUT2D eigenvalue weighted by molar-refractivity contribution is 0.355. The summed E-state index contributed by atoms with van der Waals surface area (Å²) < 4.78 is 10.8. The number of nitrogens with zero attached hydrogens (tertiary/aromatic N) is 1. The molecular weight excluding hydrogens is 390 g/mol. The van der Waals surface area contributed by atoms with Gasteiger partial charge in [-0.25, -0.2) is 0 Å². The van der Waals surface area contributed by atoms with Crippen molar-refractivity contribution in [1.29, 1.82) is 0 Å². The Bertz CT molecular complexity index is 877. The van der Waals surface area contributed by atoms with Crippen LogP contribution in [0, 0.1) is 5.92 Å². The molecule has 0 aromatic heterocycles. The predicted molar refractivity (Wildman–Crippen MR) is 132 cm³/mol. The van der Waals surface area contributed by atoms with Crippen LogP contribution in [0.4, 0.5) is 0 Å². The van der Waals surface area contributed by atoms with Crippen LogP contribution >= 0.6 is 11.8 Å². The number of allylic oxidation sites excluding steroid dienone is 7. The van der Waals surface area contributed by atoms with Gasteiger partial charge < -0.3 is 9.47 Å². The second-order valence-corrected chi connectivity index (χ2v) is 8.26. The molecule has 160 valence electrons. The Morgan fingerprint density at radius 1 is 1.27 bits per heavy atom. The summed E-state index contributed by atoms with van der Waals surface area (Å²) in [6.45, 7) is 12.4. The molecule has 4 heteroatoms. The average Bonchev–Trinajstić information content (AvgIpc) is 3.12. The first-order valence-corrected chi connectivity index (χ1v) is 11.2. The van der Waals surface area contributed by atoms with E-state index in [2.05, 4.69) is 51.3 Å². The van der Waals surface area contributed by atoms with Crippen molar-refractivity contribution >= 4 is 22.4 Å². The van der Waals surface area contributed by atoms with Crippen LogP contribution in [0.15, 0.2) is 77.3 Å². The zero-order valence-electron chi connectivity index (χ0n) is 18.6. The van der Waals surface area contributed by atoms with Crippen molar-refractivity contribution in [2.24, 2.45) is 10.9 Å². The Kier molecular flexibility index (Phi) is 9.75. The highest BCUT2D eigenvalue weighted by Crippen LogP contribution is 2.45. The molecule has 1 aliphatic rings. The molecule has 1 unspecified atom stereocenters. The SMILES string of the molecule is C=CC=C(C/C=C\N=C1CC(C(=CC)c2ccc(OC)c(OC)c2)C(=C)S1)CCC. The van der Waals surface area contributed by atoms with Crippen LogP contribution in [0.5, 0.6) is 11.5 Å². The molecule has 1 saturated heterocycles. The van der Waals surface area contributed by atoms with Gasteiger partial charge in [0.15, 0.2) is 11.5 Å². The maximum absolute atomic E-state index is 5.48. The van der Waals surface area contributed by atoms with Crippen molar-refractivity contribution in [3.8, 4) is 11.5 Å². The summed E-state index contributed by atoms with van der Waals surface area (Å²) in [5, 5.41) is 1.10. The molecule has 0 spiro atoms. The molecule has 2 rings (SSSR count). The van der Waals surface area contributed by atoms with Crippen LogP contribution in [0.3, 0.4) is 0 Å². The van der Waals surface area contributed by atoms with Gasteiger partial charge in [-0.05, 0) is 47.9 Å². The van der Waals surface area contributed by atoms with E-state index in [1.807, 2.05) is 24.4 Å². The van der Waals surface area contributed by atoms with E-state index in [0.29, 0.717) is 0 Å². The molecule has 1 heterocycles. The van der Waals surface area contributed by atoms with E-state index in [0.717, 1.165) is 52.7 Å². The van der Waals surface area contributed by atoms with Crippen LogP contribution in [0.25, 0.3) is 5.57 Å². The Balaban J connectivity index is 2.12. The van der Waals surface area contributed by atoms with Crippen LogP contribution in [0.1, 0.15) is 45.1 Å². The molecule has 0 aliphatic carbocycles.